The highest BCUT2D eigenvalue weighted by molar-refractivity contribution is 5.80. The van der Waals surface area contributed by atoms with Gasteiger partial charge >= 0.3 is 0 Å². The number of methoxy groups -OCH3 is 3. The lowest BCUT2D eigenvalue weighted by Crippen LogP contribution is -2.36. The first-order valence-electron chi connectivity index (χ1n) is 9.53. The van der Waals surface area contributed by atoms with Crippen molar-refractivity contribution in [2.24, 2.45) is 0 Å². The highest BCUT2D eigenvalue weighted by Crippen LogP contribution is 2.38. The van der Waals surface area contributed by atoms with Crippen LogP contribution in [0, 0.1) is 0 Å². The molecule has 1 N–H and O–H groups in total. The van der Waals surface area contributed by atoms with E-state index in [4.69, 9.17) is 18.9 Å². The van der Waals surface area contributed by atoms with Crippen LogP contribution < -0.4 is 24.3 Å². The largest absolute Gasteiger partial charge is 0.493 e. The molecule has 0 aliphatic carbocycles. The summed E-state index contributed by atoms with van der Waals surface area (Å²) in [6.07, 6.45) is -0.632. The standard InChI is InChI=1S/C23H31NO5/c1-15(29-18-10-8-9-17(13-18)23(2,3)4)22(25)24-14-16-11-19(26-5)21(28-7)20(12-16)27-6/h8-13,15H,14H2,1-7H3,(H,24,25)/t15-/m1/s1. The number of hydrogen-bond acceptors (Lipinski definition) is 5. The predicted molar refractivity (Wildman–Crippen MR) is 113 cm³/mol. The molecule has 2 aromatic rings. The van der Waals surface area contributed by atoms with E-state index in [1.165, 1.54) is 0 Å². The predicted octanol–water partition coefficient (Wildman–Crippen LogP) is 4.09. The molecular weight excluding hydrogens is 370 g/mol. The van der Waals surface area contributed by atoms with Gasteiger partial charge in [-0.25, -0.2) is 0 Å². The van der Waals surface area contributed by atoms with Crippen molar-refractivity contribution in [2.75, 3.05) is 21.3 Å². The minimum Gasteiger partial charge on any atom is -0.493 e. The van der Waals surface area contributed by atoms with Crippen LogP contribution in [-0.2, 0) is 16.8 Å². The minimum atomic E-state index is -0.632. The quantitative estimate of drug-likeness (QED) is 0.722. The molecule has 2 aromatic carbocycles. The summed E-state index contributed by atoms with van der Waals surface area (Å²) in [6, 6.07) is 11.4. The number of hydrogen-bond donors (Lipinski definition) is 1. The monoisotopic (exact) mass is 401 g/mol. The van der Waals surface area contributed by atoms with Crippen molar-refractivity contribution in [2.45, 2.75) is 45.8 Å². The molecule has 2 rings (SSSR count). The van der Waals surface area contributed by atoms with E-state index >= 15 is 0 Å². The first kappa shape index (κ1) is 22.4. The van der Waals surface area contributed by atoms with Crippen LogP contribution in [0.15, 0.2) is 36.4 Å². The van der Waals surface area contributed by atoms with Crippen LogP contribution in [0.25, 0.3) is 0 Å². The average molecular weight is 402 g/mol. The van der Waals surface area contributed by atoms with Crippen LogP contribution in [0.1, 0.15) is 38.8 Å². The number of rotatable bonds is 8. The van der Waals surface area contributed by atoms with Crippen molar-refractivity contribution in [3.63, 3.8) is 0 Å². The van der Waals surface area contributed by atoms with Gasteiger partial charge in [0, 0.05) is 6.54 Å². The van der Waals surface area contributed by atoms with E-state index in [1.807, 2.05) is 18.2 Å². The van der Waals surface area contributed by atoms with E-state index in [-0.39, 0.29) is 11.3 Å². The van der Waals surface area contributed by atoms with Gasteiger partial charge in [0.15, 0.2) is 17.6 Å². The maximum Gasteiger partial charge on any atom is 0.261 e. The molecule has 0 aromatic heterocycles. The van der Waals surface area contributed by atoms with Crippen LogP contribution in [0.5, 0.6) is 23.0 Å². The fourth-order valence-corrected chi connectivity index (χ4v) is 2.86. The Kier molecular flexibility index (Phi) is 7.37. The van der Waals surface area contributed by atoms with Gasteiger partial charge in [-0.3, -0.25) is 4.79 Å². The lowest BCUT2D eigenvalue weighted by molar-refractivity contribution is -0.127. The molecule has 6 heteroatoms. The molecule has 0 heterocycles. The fourth-order valence-electron chi connectivity index (χ4n) is 2.86. The second kappa shape index (κ2) is 9.54. The summed E-state index contributed by atoms with van der Waals surface area (Å²) in [4.78, 5) is 12.5. The minimum absolute atomic E-state index is 0.0113. The molecular formula is C23H31NO5. The third-order valence-electron chi connectivity index (χ3n) is 4.57. The van der Waals surface area contributed by atoms with Crippen LogP contribution in [0.2, 0.25) is 0 Å². The summed E-state index contributed by atoms with van der Waals surface area (Å²) in [7, 11) is 4.66. The van der Waals surface area contributed by atoms with Crippen LogP contribution in [0.3, 0.4) is 0 Å². The Balaban J connectivity index is 2.04. The summed E-state index contributed by atoms with van der Waals surface area (Å²) >= 11 is 0. The molecule has 0 bridgehead atoms. The number of nitrogens with one attached hydrogen (secondary N) is 1. The summed E-state index contributed by atoms with van der Waals surface area (Å²) < 4.78 is 21.9. The molecule has 0 radical (unpaired) electrons. The third-order valence-corrected chi connectivity index (χ3v) is 4.57. The van der Waals surface area contributed by atoms with E-state index < -0.39 is 6.10 Å². The molecule has 0 saturated carbocycles. The average Bonchev–Trinajstić information content (AvgIpc) is 2.70. The molecule has 0 unspecified atom stereocenters. The smallest absolute Gasteiger partial charge is 0.261 e. The Hall–Kier alpha value is -2.89. The summed E-state index contributed by atoms with van der Waals surface area (Å²) in [6.45, 7) is 8.46. The lowest BCUT2D eigenvalue weighted by Gasteiger charge is -2.21. The van der Waals surface area contributed by atoms with Gasteiger partial charge in [-0.05, 0) is 47.7 Å². The summed E-state index contributed by atoms with van der Waals surface area (Å²) in [5.74, 6) is 2.06. The van der Waals surface area contributed by atoms with Crippen LogP contribution in [0.4, 0.5) is 0 Å². The number of amides is 1. The molecule has 29 heavy (non-hydrogen) atoms. The Morgan fingerprint density at radius 3 is 2.14 bits per heavy atom. The molecule has 1 atom stereocenters. The zero-order valence-electron chi connectivity index (χ0n) is 18.3. The Morgan fingerprint density at radius 1 is 1.00 bits per heavy atom. The number of benzene rings is 2. The Labute approximate surface area is 173 Å². The van der Waals surface area contributed by atoms with Crippen molar-refractivity contribution in [3.05, 3.63) is 47.5 Å². The van der Waals surface area contributed by atoms with Crippen LogP contribution >= 0.6 is 0 Å². The number of carbonyl (C=O) groups is 1. The van der Waals surface area contributed by atoms with Gasteiger partial charge in [-0.2, -0.15) is 0 Å². The van der Waals surface area contributed by atoms with E-state index in [0.717, 1.165) is 11.1 Å². The normalized spacial score (nSPS) is 12.1. The van der Waals surface area contributed by atoms with Gasteiger partial charge in [-0.1, -0.05) is 32.9 Å². The van der Waals surface area contributed by atoms with Gasteiger partial charge in [0.05, 0.1) is 21.3 Å². The van der Waals surface area contributed by atoms with Gasteiger partial charge < -0.3 is 24.3 Å². The van der Waals surface area contributed by atoms with Crippen LogP contribution in [-0.4, -0.2) is 33.3 Å². The first-order chi connectivity index (χ1) is 13.7. The van der Waals surface area contributed by atoms with E-state index in [0.29, 0.717) is 29.5 Å². The Morgan fingerprint density at radius 2 is 1.62 bits per heavy atom. The van der Waals surface area contributed by atoms with Crippen molar-refractivity contribution < 1.29 is 23.7 Å². The fraction of sp³-hybridized carbons (Fsp3) is 0.435. The third kappa shape index (κ3) is 5.79. The maximum absolute atomic E-state index is 12.5. The van der Waals surface area contributed by atoms with Crippen molar-refractivity contribution in [1.29, 1.82) is 0 Å². The summed E-state index contributed by atoms with van der Waals surface area (Å²) in [5, 5.41) is 2.89. The molecule has 1 amide bonds. The van der Waals surface area contributed by atoms with E-state index in [1.54, 1.807) is 40.4 Å². The molecule has 0 aliphatic heterocycles. The number of carbonyl (C=O) groups excluding carboxylic acids is 1. The molecule has 0 spiro atoms. The van der Waals surface area contributed by atoms with Gasteiger partial charge in [0.1, 0.15) is 5.75 Å². The zero-order valence-corrected chi connectivity index (χ0v) is 18.3. The molecule has 0 saturated heterocycles. The molecule has 158 valence electrons. The number of ether oxygens (including phenoxy) is 4. The second-order valence-electron chi connectivity index (χ2n) is 7.79. The molecule has 0 aliphatic rings. The first-order valence-corrected chi connectivity index (χ1v) is 9.53. The van der Waals surface area contributed by atoms with Crippen molar-refractivity contribution in [1.82, 2.24) is 5.32 Å². The van der Waals surface area contributed by atoms with Gasteiger partial charge in [-0.15, -0.1) is 0 Å². The van der Waals surface area contributed by atoms with Crippen molar-refractivity contribution in [3.8, 4) is 23.0 Å². The zero-order chi connectivity index (χ0) is 21.6. The van der Waals surface area contributed by atoms with Crippen molar-refractivity contribution >= 4 is 5.91 Å². The SMILES string of the molecule is COc1cc(CNC(=O)[C@@H](C)Oc2cccc(C(C)(C)C)c2)cc(OC)c1OC. The second-order valence-corrected chi connectivity index (χ2v) is 7.79. The molecule has 0 fully saturated rings. The van der Waals surface area contributed by atoms with E-state index in [2.05, 4.69) is 32.2 Å². The topological polar surface area (TPSA) is 66.0 Å². The van der Waals surface area contributed by atoms with E-state index in [9.17, 15) is 4.79 Å². The highest BCUT2D eigenvalue weighted by Gasteiger charge is 2.18. The molecule has 6 nitrogen and oxygen atoms in total. The summed E-state index contributed by atoms with van der Waals surface area (Å²) in [5.41, 5.74) is 1.99. The van der Waals surface area contributed by atoms with Gasteiger partial charge in [0.2, 0.25) is 5.75 Å². The highest BCUT2D eigenvalue weighted by atomic mass is 16.5. The van der Waals surface area contributed by atoms with Gasteiger partial charge in [0.25, 0.3) is 5.91 Å². The lowest BCUT2D eigenvalue weighted by atomic mass is 9.87. The Bertz CT molecular complexity index is 816. The maximum atomic E-state index is 12.5.